The Morgan fingerprint density at radius 2 is 1.87 bits per heavy atom. The molecule has 0 bridgehead atoms. The fraction of sp³-hybridized carbons (Fsp3) is 0.538. The Kier molecular flexibility index (Phi) is 3.86. The van der Waals surface area contributed by atoms with Crippen LogP contribution in [0.5, 0.6) is 0 Å². The van der Waals surface area contributed by atoms with Gasteiger partial charge in [0.25, 0.3) is 0 Å². The molecule has 0 amide bonds. The van der Waals surface area contributed by atoms with Crippen molar-refractivity contribution in [3.8, 4) is 0 Å². The summed E-state index contributed by atoms with van der Waals surface area (Å²) < 4.78 is 13.4. The van der Waals surface area contributed by atoms with Crippen LogP contribution in [0.3, 0.4) is 0 Å². The Morgan fingerprint density at radius 1 is 1.20 bits per heavy atom. The molecule has 84 valence electrons. The Labute approximate surface area is 91.5 Å². The van der Waals surface area contributed by atoms with Gasteiger partial charge in [0, 0.05) is 0 Å². The van der Waals surface area contributed by atoms with E-state index in [1.807, 2.05) is 0 Å². The Morgan fingerprint density at radius 3 is 2.40 bits per heavy atom. The lowest BCUT2D eigenvalue weighted by Crippen LogP contribution is -2.12. The molecule has 0 heterocycles. The first kappa shape index (κ1) is 12.2. The molecule has 0 aliphatic carbocycles. The van der Waals surface area contributed by atoms with Crippen LogP contribution in [0, 0.1) is 5.82 Å². The van der Waals surface area contributed by atoms with Gasteiger partial charge >= 0.3 is 0 Å². The largest absolute Gasteiger partial charge is 0.330 e. The van der Waals surface area contributed by atoms with Crippen LogP contribution in [0.2, 0.25) is 0 Å². The summed E-state index contributed by atoms with van der Waals surface area (Å²) in [5, 5.41) is 0. The normalized spacial score (nSPS) is 11.8. The first-order chi connectivity index (χ1) is 6.93. The third kappa shape index (κ3) is 3.63. The summed E-state index contributed by atoms with van der Waals surface area (Å²) in [5.74, 6) is -0.144. The molecule has 0 spiro atoms. The summed E-state index contributed by atoms with van der Waals surface area (Å²) in [6, 6.07) is 5.30. The van der Waals surface area contributed by atoms with E-state index in [1.165, 1.54) is 0 Å². The molecule has 1 rings (SSSR count). The highest BCUT2D eigenvalue weighted by molar-refractivity contribution is 5.29. The van der Waals surface area contributed by atoms with Crippen LogP contribution in [0.25, 0.3) is 0 Å². The molecule has 2 heteroatoms. The van der Waals surface area contributed by atoms with Crippen molar-refractivity contribution in [3.05, 3.63) is 35.1 Å². The zero-order chi connectivity index (χ0) is 11.5. The van der Waals surface area contributed by atoms with E-state index in [1.54, 1.807) is 12.1 Å². The minimum absolute atomic E-state index is 0.000432. The van der Waals surface area contributed by atoms with Gasteiger partial charge in [-0.3, -0.25) is 0 Å². The minimum Gasteiger partial charge on any atom is -0.330 e. The van der Waals surface area contributed by atoms with Crippen molar-refractivity contribution < 1.29 is 4.39 Å². The molecule has 2 N–H and O–H groups in total. The van der Waals surface area contributed by atoms with Gasteiger partial charge in [0.15, 0.2) is 0 Å². The predicted molar refractivity (Wildman–Crippen MR) is 62.5 cm³/mol. The molecule has 0 atom stereocenters. The van der Waals surface area contributed by atoms with E-state index >= 15 is 0 Å². The number of rotatable bonds is 3. The SMILES string of the molecule is CC(C)(C)c1cc(F)cc(CCCN)c1. The highest BCUT2D eigenvalue weighted by Gasteiger charge is 2.15. The lowest BCUT2D eigenvalue weighted by Gasteiger charge is -2.20. The van der Waals surface area contributed by atoms with Gasteiger partial charge in [-0.1, -0.05) is 26.8 Å². The lowest BCUT2D eigenvalue weighted by molar-refractivity contribution is 0.569. The van der Waals surface area contributed by atoms with Crippen molar-refractivity contribution in [2.45, 2.75) is 39.0 Å². The van der Waals surface area contributed by atoms with Crippen LogP contribution < -0.4 is 5.73 Å². The van der Waals surface area contributed by atoms with Gasteiger partial charge < -0.3 is 5.73 Å². The van der Waals surface area contributed by atoms with Crippen molar-refractivity contribution in [1.82, 2.24) is 0 Å². The zero-order valence-electron chi connectivity index (χ0n) is 9.81. The molecule has 0 aliphatic rings. The van der Waals surface area contributed by atoms with Crippen molar-refractivity contribution in [3.63, 3.8) is 0 Å². The second kappa shape index (κ2) is 4.75. The van der Waals surface area contributed by atoms with Crippen LogP contribution in [0.1, 0.15) is 38.3 Å². The van der Waals surface area contributed by atoms with Crippen LogP contribution in [0.4, 0.5) is 4.39 Å². The molecule has 1 nitrogen and oxygen atoms in total. The highest BCUT2D eigenvalue weighted by Crippen LogP contribution is 2.24. The maximum absolute atomic E-state index is 13.4. The molecular formula is C13H20FN. The fourth-order valence-corrected chi connectivity index (χ4v) is 1.53. The second-order valence-corrected chi connectivity index (χ2v) is 4.99. The first-order valence-electron chi connectivity index (χ1n) is 5.43. The standard InChI is InChI=1S/C13H20FN/c1-13(2,3)11-7-10(5-4-6-15)8-12(14)9-11/h7-9H,4-6,15H2,1-3H3. The van der Waals surface area contributed by atoms with E-state index in [-0.39, 0.29) is 11.2 Å². The maximum atomic E-state index is 13.4. The van der Waals surface area contributed by atoms with Gasteiger partial charge in [0.05, 0.1) is 0 Å². The minimum atomic E-state index is -0.144. The van der Waals surface area contributed by atoms with Gasteiger partial charge in [0.2, 0.25) is 0 Å². The van der Waals surface area contributed by atoms with Crippen molar-refractivity contribution in [2.24, 2.45) is 5.73 Å². The molecule has 0 saturated heterocycles. The van der Waals surface area contributed by atoms with Crippen molar-refractivity contribution in [2.75, 3.05) is 6.54 Å². The molecule has 1 aromatic carbocycles. The molecule has 15 heavy (non-hydrogen) atoms. The Hall–Kier alpha value is -0.890. The van der Waals surface area contributed by atoms with Crippen molar-refractivity contribution >= 4 is 0 Å². The quantitative estimate of drug-likeness (QED) is 0.813. The number of benzene rings is 1. The summed E-state index contributed by atoms with van der Waals surface area (Å²) in [5.41, 5.74) is 7.54. The molecule has 1 aromatic rings. The summed E-state index contributed by atoms with van der Waals surface area (Å²) in [6.45, 7) is 6.93. The lowest BCUT2D eigenvalue weighted by atomic mass is 9.85. The predicted octanol–water partition coefficient (Wildman–Crippen LogP) is 3.01. The van der Waals surface area contributed by atoms with E-state index in [0.29, 0.717) is 6.54 Å². The van der Waals surface area contributed by atoms with E-state index in [4.69, 9.17) is 5.73 Å². The smallest absolute Gasteiger partial charge is 0.123 e. The van der Waals surface area contributed by atoms with Gasteiger partial charge in [-0.05, 0) is 48.1 Å². The molecule has 0 aromatic heterocycles. The molecular weight excluding hydrogens is 189 g/mol. The maximum Gasteiger partial charge on any atom is 0.123 e. The van der Waals surface area contributed by atoms with Gasteiger partial charge in [-0.15, -0.1) is 0 Å². The van der Waals surface area contributed by atoms with Crippen molar-refractivity contribution in [1.29, 1.82) is 0 Å². The van der Waals surface area contributed by atoms with Crippen LogP contribution in [-0.4, -0.2) is 6.54 Å². The Balaban J connectivity index is 2.95. The zero-order valence-corrected chi connectivity index (χ0v) is 9.81. The van der Waals surface area contributed by atoms with Gasteiger partial charge in [-0.2, -0.15) is 0 Å². The summed E-state index contributed by atoms with van der Waals surface area (Å²) in [6.07, 6.45) is 1.77. The molecule has 0 saturated carbocycles. The summed E-state index contributed by atoms with van der Waals surface area (Å²) >= 11 is 0. The number of nitrogens with two attached hydrogens (primary N) is 1. The summed E-state index contributed by atoms with van der Waals surface area (Å²) in [7, 11) is 0. The number of hydrogen-bond acceptors (Lipinski definition) is 1. The highest BCUT2D eigenvalue weighted by atomic mass is 19.1. The average Bonchev–Trinajstić information content (AvgIpc) is 2.12. The van der Waals surface area contributed by atoms with Crippen LogP contribution in [-0.2, 0) is 11.8 Å². The van der Waals surface area contributed by atoms with E-state index in [9.17, 15) is 4.39 Å². The van der Waals surface area contributed by atoms with Crippen LogP contribution in [0.15, 0.2) is 18.2 Å². The van der Waals surface area contributed by atoms with Gasteiger partial charge in [0.1, 0.15) is 5.82 Å². The first-order valence-corrected chi connectivity index (χ1v) is 5.43. The number of halogens is 1. The van der Waals surface area contributed by atoms with Gasteiger partial charge in [-0.25, -0.2) is 4.39 Å². The molecule has 0 unspecified atom stereocenters. The average molecular weight is 209 g/mol. The monoisotopic (exact) mass is 209 g/mol. The fourth-order valence-electron chi connectivity index (χ4n) is 1.53. The molecule has 0 radical (unpaired) electrons. The third-order valence-electron chi connectivity index (χ3n) is 2.49. The topological polar surface area (TPSA) is 26.0 Å². The molecule has 0 fully saturated rings. The van der Waals surface area contributed by atoms with E-state index in [0.717, 1.165) is 24.0 Å². The number of hydrogen-bond donors (Lipinski definition) is 1. The third-order valence-corrected chi connectivity index (χ3v) is 2.49. The van der Waals surface area contributed by atoms with E-state index in [2.05, 4.69) is 26.8 Å². The van der Waals surface area contributed by atoms with E-state index < -0.39 is 0 Å². The molecule has 0 aliphatic heterocycles. The van der Waals surface area contributed by atoms with Crippen LogP contribution >= 0.6 is 0 Å². The second-order valence-electron chi connectivity index (χ2n) is 4.99. The number of aryl methyl sites for hydroxylation is 1. The summed E-state index contributed by atoms with van der Waals surface area (Å²) in [4.78, 5) is 0. The Bertz CT molecular complexity index is 326.